The second-order valence-corrected chi connectivity index (χ2v) is 5.23. The summed E-state index contributed by atoms with van der Waals surface area (Å²) in [5.74, 6) is 0. The summed E-state index contributed by atoms with van der Waals surface area (Å²) in [6, 6.07) is 0.789. The van der Waals surface area contributed by atoms with Gasteiger partial charge < -0.3 is 14.8 Å². The van der Waals surface area contributed by atoms with E-state index in [0.717, 1.165) is 38.8 Å². The minimum atomic E-state index is 0.317. The number of hydrogen-bond donors (Lipinski definition) is 1. The summed E-state index contributed by atoms with van der Waals surface area (Å²) in [6.07, 6.45) is 5.40. The topological polar surface area (TPSA) is 30.5 Å². The first-order valence-corrected chi connectivity index (χ1v) is 6.69. The molecule has 3 heteroatoms. The van der Waals surface area contributed by atoms with Crippen molar-refractivity contribution < 1.29 is 9.47 Å². The average molecular weight is 227 g/mol. The standard InChI is InChI=1S/C13H25NO2/c1-3-15-8-6-13(7-9-16-11(13)2)10-14-12-4-5-12/h11-12,14H,3-10H2,1-2H3. The van der Waals surface area contributed by atoms with Gasteiger partial charge in [0.05, 0.1) is 6.10 Å². The molecule has 94 valence electrons. The molecule has 2 unspecified atom stereocenters. The van der Waals surface area contributed by atoms with Crippen LogP contribution in [0.15, 0.2) is 0 Å². The Hall–Kier alpha value is -0.120. The maximum atomic E-state index is 5.76. The van der Waals surface area contributed by atoms with Crippen molar-refractivity contribution in [3.63, 3.8) is 0 Å². The number of nitrogens with one attached hydrogen (secondary N) is 1. The van der Waals surface area contributed by atoms with E-state index in [1.165, 1.54) is 19.3 Å². The van der Waals surface area contributed by atoms with E-state index in [9.17, 15) is 0 Å². The van der Waals surface area contributed by atoms with Gasteiger partial charge in [0.25, 0.3) is 0 Å². The maximum absolute atomic E-state index is 5.76. The van der Waals surface area contributed by atoms with E-state index in [1.54, 1.807) is 0 Å². The second kappa shape index (κ2) is 5.48. The fraction of sp³-hybridized carbons (Fsp3) is 1.00. The van der Waals surface area contributed by atoms with Crippen molar-refractivity contribution in [2.45, 2.75) is 51.7 Å². The van der Waals surface area contributed by atoms with E-state index >= 15 is 0 Å². The van der Waals surface area contributed by atoms with Crippen molar-refractivity contribution in [1.29, 1.82) is 0 Å². The molecular formula is C13H25NO2. The molecule has 0 aromatic carbocycles. The highest BCUT2D eigenvalue weighted by atomic mass is 16.5. The summed E-state index contributed by atoms with van der Waals surface area (Å²) >= 11 is 0. The van der Waals surface area contributed by atoms with E-state index < -0.39 is 0 Å². The van der Waals surface area contributed by atoms with Gasteiger partial charge in [-0.05, 0) is 39.5 Å². The molecule has 2 fully saturated rings. The van der Waals surface area contributed by atoms with Gasteiger partial charge in [-0.2, -0.15) is 0 Å². The molecule has 1 aliphatic carbocycles. The van der Waals surface area contributed by atoms with E-state index in [-0.39, 0.29) is 0 Å². The van der Waals surface area contributed by atoms with Crippen LogP contribution in [0.4, 0.5) is 0 Å². The first kappa shape index (κ1) is 12.3. The molecule has 16 heavy (non-hydrogen) atoms. The summed E-state index contributed by atoms with van der Waals surface area (Å²) in [4.78, 5) is 0. The van der Waals surface area contributed by atoms with Gasteiger partial charge in [0, 0.05) is 37.8 Å². The van der Waals surface area contributed by atoms with Gasteiger partial charge in [-0.3, -0.25) is 0 Å². The largest absolute Gasteiger partial charge is 0.382 e. The third-order valence-electron chi connectivity index (χ3n) is 4.10. The lowest BCUT2D eigenvalue weighted by Gasteiger charge is -2.32. The molecule has 2 rings (SSSR count). The van der Waals surface area contributed by atoms with Crippen molar-refractivity contribution in [2.24, 2.45) is 5.41 Å². The van der Waals surface area contributed by atoms with E-state index in [4.69, 9.17) is 9.47 Å². The van der Waals surface area contributed by atoms with Crippen LogP contribution in [0.3, 0.4) is 0 Å². The molecule has 0 amide bonds. The van der Waals surface area contributed by atoms with Crippen LogP contribution in [0.2, 0.25) is 0 Å². The van der Waals surface area contributed by atoms with Crippen molar-refractivity contribution >= 4 is 0 Å². The molecule has 0 spiro atoms. The highest BCUT2D eigenvalue weighted by molar-refractivity contribution is 4.94. The third kappa shape index (κ3) is 2.96. The molecular weight excluding hydrogens is 202 g/mol. The molecule has 1 N–H and O–H groups in total. The molecule has 1 saturated carbocycles. The molecule has 0 aromatic rings. The van der Waals surface area contributed by atoms with E-state index in [1.807, 2.05) is 0 Å². The van der Waals surface area contributed by atoms with Gasteiger partial charge in [-0.15, -0.1) is 0 Å². The first-order chi connectivity index (χ1) is 7.77. The molecule has 0 radical (unpaired) electrons. The summed E-state index contributed by atoms with van der Waals surface area (Å²) in [7, 11) is 0. The quantitative estimate of drug-likeness (QED) is 0.674. The minimum absolute atomic E-state index is 0.317. The number of hydrogen-bond acceptors (Lipinski definition) is 3. The fourth-order valence-corrected chi connectivity index (χ4v) is 2.52. The molecule has 1 saturated heterocycles. The Morgan fingerprint density at radius 2 is 2.25 bits per heavy atom. The number of ether oxygens (including phenoxy) is 2. The van der Waals surface area contributed by atoms with Crippen molar-refractivity contribution in [3.05, 3.63) is 0 Å². The van der Waals surface area contributed by atoms with Gasteiger partial charge in [-0.25, -0.2) is 0 Å². The Balaban J connectivity index is 1.83. The van der Waals surface area contributed by atoms with Crippen molar-refractivity contribution in [1.82, 2.24) is 5.32 Å². The van der Waals surface area contributed by atoms with Crippen LogP contribution in [-0.2, 0) is 9.47 Å². The molecule has 1 aliphatic heterocycles. The highest BCUT2D eigenvalue weighted by Crippen LogP contribution is 2.38. The molecule has 1 heterocycles. The van der Waals surface area contributed by atoms with Crippen molar-refractivity contribution in [3.8, 4) is 0 Å². The Morgan fingerprint density at radius 3 is 2.81 bits per heavy atom. The van der Waals surface area contributed by atoms with E-state index in [0.29, 0.717) is 11.5 Å². The van der Waals surface area contributed by atoms with Crippen LogP contribution in [-0.4, -0.2) is 38.5 Å². The smallest absolute Gasteiger partial charge is 0.0617 e. The minimum Gasteiger partial charge on any atom is -0.382 e. The monoisotopic (exact) mass is 227 g/mol. The summed E-state index contributed by atoms with van der Waals surface area (Å²) in [5, 5.41) is 3.66. The molecule has 3 nitrogen and oxygen atoms in total. The van der Waals surface area contributed by atoms with Gasteiger partial charge in [-0.1, -0.05) is 0 Å². The summed E-state index contributed by atoms with van der Waals surface area (Å²) < 4.78 is 11.3. The normalized spacial score (nSPS) is 34.5. The maximum Gasteiger partial charge on any atom is 0.0617 e. The first-order valence-electron chi connectivity index (χ1n) is 6.69. The van der Waals surface area contributed by atoms with E-state index in [2.05, 4.69) is 19.2 Å². The predicted molar refractivity (Wildman–Crippen MR) is 64.6 cm³/mol. The van der Waals surface area contributed by atoms with Crippen LogP contribution in [0, 0.1) is 5.41 Å². The third-order valence-corrected chi connectivity index (χ3v) is 4.10. The Labute approximate surface area is 98.9 Å². The Kier molecular flexibility index (Phi) is 4.22. The van der Waals surface area contributed by atoms with Crippen molar-refractivity contribution in [2.75, 3.05) is 26.4 Å². The van der Waals surface area contributed by atoms with Gasteiger partial charge >= 0.3 is 0 Å². The SMILES string of the molecule is CCOCCC1(CNC2CC2)CCOC1C. The lowest BCUT2D eigenvalue weighted by Crippen LogP contribution is -2.41. The molecule has 2 aliphatic rings. The van der Waals surface area contributed by atoms with Crippen LogP contribution in [0.5, 0.6) is 0 Å². The van der Waals surface area contributed by atoms with Crippen LogP contribution in [0.1, 0.15) is 39.5 Å². The highest BCUT2D eigenvalue weighted by Gasteiger charge is 2.41. The van der Waals surface area contributed by atoms with Crippen LogP contribution < -0.4 is 5.32 Å². The summed E-state index contributed by atoms with van der Waals surface area (Å²) in [6.45, 7) is 7.99. The van der Waals surface area contributed by atoms with Crippen LogP contribution in [0.25, 0.3) is 0 Å². The predicted octanol–water partition coefficient (Wildman–Crippen LogP) is 1.96. The van der Waals surface area contributed by atoms with Gasteiger partial charge in [0.15, 0.2) is 0 Å². The van der Waals surface area contributed by atoms with Crippen LogP contribution >= 0.6 is 0 Å². The van der Waals surface area contributed by atoms with Gasteiger partial charge in [0.2, 0.25) is 0 Å². The molecule has 2 atom stereocenters. The zero-order chi connectivity index (χ0) is 11.4. The van der Waals surface area contributed by atoms with Gasteiger partial charge in [0.1, 0.15) is 0 Å². The average Bonchev–Trinajstić information content (AvgIpc) is 3.03. The molecule has 0 aromatic heterocycles. The second-order valence-electron chi connectivity index (χ2n) is 5.23. The molecule has 0 bridgehead atoms. The Bertz CT molecular complexity index is 218. The zero-order valence-corrected chi connectivity index (χ0v) is 10.6. The Morgan fingerprint density at radius 1 is 1.44 bits per heavy atom. The fourth-order valence-electron chi connectivity index (χ4n) is 2.52. The zero-order valence-electron chi connectivity index (χ0n) is 10.6. The lowest BCUT2D eigenvalue weighted by atomic mass is 9.78. The number of rotatable bonds is 7. The lowest BCUT2D eigenvalue weighted by molar-refractivity contribution is 0.0351. The summed E-state index contributed by atoms with van der Waals surface area (Å²) in [5.41, 5.74) is 0.317.